The summed E-state index contributed by atoms with van der Waals surface area (Å²) >= 11 is 0. The van der Waals surface area contributed by atoms with Gasteiger partial charge in [0.05, 0.1) is 25.8 Å². The Morgan fingerprint density at radius 2 is 1.87 bits per heavy atom. The second kappa shape index (κ2) is 8.22. The van der Waals surface area contributed by atoms with Crippen LogP contribution in [0, 0.1) is 0 Å². The Morgan fingerprint density at radius 1 is 0.968 bits per heavy atom. The number of anilines is 1. The molecule has 1 saturated heterocycles. The highest BCUT2D eigenvalue weighted by atomic mass is 16.5. The molecule has 1 unspecified atom stereocenters. The number of nitrogens with zero attached hydrogens (tertiary/aromatic N) is 4. The quantitative estimate of drug-likeness (QED) is 0.457. The van der Waals surface area contributed by atoms with Crippen molar-refractivity contribution in [2.75, 3.05) is 25.7 Å². The zero-order valence-corrected chi connectivity index (χ0v) is 17.7. The lowest BCUT2D eigenvalue weighted by atomic mass is 10.0. The van der Waals surface area contributed by atoms with E-state index in [-0.39, 0.29) is 6.04 Å². The van der Waals surface area contributed by atoms with Gasteiger partial charge in [-0.2, -0.15) is 0 Å². The predicted molar refractivity (Wildman–Crippen MR) is 122 cm³/mol. The van der Waals surface area contributed by atoms with E-state index in [1.54, 1.807) is 26.6 Å². The Morgan fingerprint density at radius 3 is 2.68 bits per heavy atom. The monoisotopic (exact) mass is 412 g/mol. The van der Waals surface area contributed by atoms with Crippen LogP contribution in [-0.4, -0.2) is 35.7 Å². The molecule has 5 rings (SSSR count). The predicted octanol–water partition coefficient (Wildman–Crippen LogP) is 5.05. The number of pyridine rings is 1. The molecule has 0 N–H and O–H groups in total. The van der Waals surface area contributed by atoms with E-state index in [0.717, 1.165) is 58.7 Å². The largest absolute Gasteiger partial charge is 0.497 e. The van der Waals surface area contributed by atoms with Gasteiger partial charge in [0.25, 0.3) is 0 Å². The van der Waals surface area contributed by atoms with Gasteiger partial charge in [-0.3, -0.25) is 4.98 Å². The van der Waals surface area contributed by atoms with Gasteiger partial charge in [-0.1, -0.05) is 12.1 Å². The van der Waals surface area contributed by atoms with Crippen LogP contribution < -0.4 is 14.4 Å². The number of rotatable bonds is 5. The van der Waals surface area contributed by atoms with E-state index in [0.29, 0.717) is 5.82 Å². The van der Waals surface area contributed by atoms with E-state index < -0.39 is 0 Å². The molecule has 0 bridgehead atoms. The molecular weight excluding hydrogens is 388 g/mol. The highest BCUT2D eigenvalue weighted by Gasteiger charge is 2.31. The molecule has 6 heteroatoms. The van der Waals surface area contributed by atoms with Crippen molar-refractivity contribution in [1.82, 2.24) is 15.0 Å². The van der Waals surface area contributed by atoms with Gasteiger partial charge in [0.1, 0.15) is 17.3 Å². The van der Waals surface area contributed by atoms with Crippen LogP contribution in [0.25, 0.3) is 22.3 Å². The Balaban J connectivity index is 1.66. The molecule has 0 radical (unpaired) electrons. The van der Waals surface area contributed by atoms with Crippen molar-refractivity contribution in [3.05, 3.63) is 72.6 Å². The van der Waals surface area contributed by atoms with Gasteiger partial charge in [-0.15, -0.1) is 0 Å². The summed E-state index contributed by atoms with van der Waals surface area (Å²) < 4.78 is 11.2. The zero-order valence-electron chi connectivity index (χ0n) is 17.7. The molecule has 156 valence electrons. The molecule has 0 amide bonds. The molecule has 0 saturated carbocycles. The summed E-state index contributed by atoms with van der Waals surface area (Å²) in [5, 5.41) is 1.05. The molecule has 6 nitrogen and oxygen atoms in total. The number of benzene rings is 2. The molecule has 4 aromatic rings. The molecule has 1 atom stereocenters. The van der Waals surface area contributed by atoms with E-state index in [4.69, 9.17) is 19.4 Å². The fourth-order valence-corrected chi connectivity index (χ4v) is 4.35. The van der Waals surface area contributed by atoms with E-state index in [1.165, 1.54) is 0 Å². The Labute approximate surface area is 181 Å². The van der Waals surface area contributed by atoms with E-state index >= 15 is 0 Å². The minimum atomic E-state index is 0.144. The minimum absolute atomic E-state index is 0.144. The molecule has 2 aromatic heterocycles. The van der Waals surface area contributed by atoms with Gasteiger partial charge in [-0.05, 0) is 55.3 Å². The van der Waals surface area contributed by atoms with Gasteiger partial charge >= 0.3 is 0 Å². The lowest BCUT2D eigenvalue weighted by molar-refractivity contribution is 0.395. The third-order valence-corrected chi connectivity index (χ3v) is 5.82. The average Bonchev–Trinajstić information content (AvgIpc) is 3.33. The molecule has 3 heterocycles. The number of aromatic nitrogens is 3. The zero-order chi connectivity index (χ0) is 21.2. The van der Waals surface area contributed by atoms with Crippen LogP contribution in [0.3, 0.4) is 0 Å². The van der Waals surface area contributed by atoms with Crippen LogP contribution in [-0.2, 0) is 0 Å². The maximum absolute atomic E-state index is 5.70. The van der Waals surface area contributed by atoms with Crippen molar-refractivity contribution < 1.29 is 9.47 Å². The highest BCUT2D eigenvalue weighted by Crippen LogP contribution is 2.42. The summed E-state index contributed by atoms with van der Waals surface area (Å²) in [4.78, 5) is 16.5. The topological polar surface area (TPSA) is 60.4 Å². The highest BCUT2D eigenvalue weighted by molar-refractivity contribution is 5.91. The summed E-state index contributed by atoms with van der Waals surface area (Å²) in [6.45, 7) is 0.915. The van der Waals surface area contributed by atoms with Crippen molar-refractivity contribution in [3.8, 4) is 22.9 Å². The summed E-state index contributed by atoms with van der Waals surface area (Å²) in [6.07, 6.45) is 5.66. The van der Waals surface area contributed by atoms with Crippen LogP contribution >= 0.6 is 0 Å². The number of methoxy groups -OCH3 is 2. The summed E-state index contributed by atoms with van der Waals surface area (Å²) in [7, 11) is 3.40. The van der Waals surface area contributed by atoms with Gasteiger partial charge in [0, 0.05) is 35.5 Å². The normalized spacial score (nSPS) is 15.9. The smallest absolute Gasteiger partial charge is 0.163 e. The van der Waals surface area contributed by atoms with Crippen LogP contribution in [0.1, 0.15) is 24.4 Å². The van der Waals surface area contributed by atoms with Crippen molar-refractivity contribution >= 4 is 16.7 Å². The van der Waals surface area contributed by atoms with Crippen molar-refractivity contribution in [1.29, 1.82) is 0 Å². The first-order valence-electron chi connectivity index (χ1n) is 10.4. The second-order valence-corrected chi connectivity index (χ2v) is 7.59. The third-order valence-electron chi connectivity index (χ3n) is 5.82. The summed E-state index contributed by atoms with van der Waals surface area (Å²) in [5.74, 6) is 3.32. The van der Waals surface area contributed by atoms with Crippen LogP contribution in [0.4, 0.5) is 5.82 Å². The Hall–Kier alpha value is -3.67. The van der Waals surface area contributed by atoms with Gasteiger partial charge < -0.3 is 14.4 Å². The molecule has 2 aromatic carbocycles. The van der Waals surface area contributed by atoms with Gasteiger partial charge in [-0.25, -0.2) is 9.97 Å². The standard InChI is InChI=1S/C25H24N4O2/c1-30-18-11-12-23(31-2)20(15-18)22-10-6-14-29(22)25-19-8-3-4-9-21(19)27-24(28-25)17-7-5-13-26-16-17/h3-5,7-9,11-13,15-16,22H,6,10,14H2,1-2H3. The average molecular weight is 412 g/mol. The van der Waals surface area contributed by atoms with Crippen LogP contribution in [0.15, 0.2) is 67.0 Å². The SMILES string of the molecule is COc1ccc(OC)c(C2CCCN2c2nc(-c3cccnc3)nc3ccccc23)c1. The number of fused-ring (bicyclic) bond motifs is 1. The Kier molecular flexibility index (Phi) is 5.12. The summed E-state index contributed by atoms with van der Waals surface area (Å²) in [6, 6.07) is 18.2. The van der Waals surface area contributed by atoms with Crippen LogP contribution in [0.5, 0.6) is 11.5 Å². The molecule has 1 aliphatic heterocycles. The number of ether oxygens (including phenoxy) is 2. The first-order valence-corrected chi connectivity index (χ1v) is 10.4. The maximum Gasteiger partial charge on any atom is 0.163 e. The molecular formula is C25H24N4O2. The first-order chi connectivity index (χ1) is 15.3. The molecule has 0 aliphatic carbocycles. The molecule has 0 spiro atoms. The fourth-order valence-electron chi connectivity index (χ4n) is 4.35. The molecule has 1 aliphatic rings. The van der Waals surface area contributed by atoms with E-state index in [1.807, 2.05) is 42.5 Å². The Bertz CT molecular complexity index is 1210. The lowest BCUT2D eigenvalue weighted by Crippen LogP contribution is -2.24. The second-order valence-electron chi connectivity index (χ2n) is 7.59. The fraction of sp³-hybridized carbons (Fsp3) is 0.240. The number of hydrogen-bond donors (Lipinski definition) is 0. The van der Waals surface area contributed by atoms with E-state index in [9.17, 15) is 0 Å². The van der Waals surface area contributed by atoms with Crippen LogP contribution in [0.2, 0.25) is 0 Å². The van der Waals surface area contributed by atoms with Crippen molar-refractivity contribution in [2.45, 2.75) is 18.9 Å². The number of para-hydroxylation sites is 1. The molecule has 31 heavy (non-hydrogen) atoms. The summed E-state index contributed by atoms with van der Waals surface area (Å²) in [5.41, 5.74) is 2.95. The van der Waals surface area contributed by atoms with Crippen molar-refractivity contribution in [3.63, 3.8) is 0 Å². The van der Waals surface area contributed by atoms with Gasteiger partial charge in [0.2, 0.25) is 0 Å². The minimum Gasteiger partial charge on any atom is -0.497 e. The first kappa shape index (κ1) is 19.3. The van der Waals surface area contributed by atoms with E-state index in [2.05, 4.69) is 22.0 Å². The van der Waals surface area contributed by atoms with Crippen molar-refractivity contribution in [2.24, 2.45) is 0 Å². The third kappa shape index (κ3) is 3.54. The lowest BCUT2D eigenvalue weighted by Gasteiger charge is -2.28. The van der Waals surface area contributed by atoms with Gasteiger partial charge in [0.15, 0.2) is 5.82 Å². The maximum atomic E-state index is 5.70. The molecule has 1 fully saturated rings. The number of hydrogen-bond acceptors (Lipinski definition) is 6.